The van der Waals surface area contributed by atoms with Gasteiger partial charge in [-0.2, -0.15) is 5.10 Å². The fraction of sp³-hybridized carbons (Fsp3) is 0.308. The topological polar surface area (TPSA) is 70.7 Å². The Kier molecular flexibility index (Phi) is 5.43. The first-order chi connectivity index (χ1) is 9.34. The van der Waals surface area contributed by atoms with Crippen molar-refractivity contribution in [3.05, 3.63) is 48.0 Å². The lowest BCUT2D eigenvalue weighted by Gasteiger charge is -2.04. The average Bonchev–Trinajstić information content (AvgIpc) is 2.93. The minimum atomic E-state index is 0.0560. The normalized spacial score (nSPS) is 10.3. The number of amides is 1. The van der Waals surface area contributed by atoms with Crippen LogP contribution in [0.2, 0.25) is 0 Å². The van der Waals surface area contributed by atoms with Crippen LogP contribution in [-0.4, -0.2) is 33.4 Å². The summed E-state index contributed by atoms with van der Waals surface area (Å²) in [5.41, 5.74) is 1.24. The van der Waals surface area contributed by atoms with Crippen LogP contribution in [0.3, 0.4) is 0 Å². The van der Waals surface area contributed by atoms with Crippen LogP contribution in [0.5, 0.6) is 0 Å². The zero-order valence-electron chi connectivity index (χ0n) is 10.5. The summed E-state index contributed by atoms with van der Waals surface area (Å²) in [6.45, 7) is 0.583. The number of nitrogens with zero attached hydrogens (tertiary/aromatic N) is 2. The highest BCUT2D eigenvalue weighted by atomic mass is 32.2. The average molecular weight is 276 g/mol. The molecule has 1 aromatic carbocycles. The van der Waals surface area contributed by atoms with Gasteiger partial charge in [0.25, 0.3) is 0 Å². The van der Waals surface area contributed by atoms with Gasteiger partial charge in [-0.05, 0) is 5.56 Å². The Balaban J connectivity index is 1.57. The molecular formula is C13H16N4OS. The van der Waals surface area contributed by atoms with E-state index in [2.05, 4.69) is 32.6 Å². The van der Waals surface area contributed by atoms with E-state index in [1.165, 1.54) is 11.9 Å². The SMILES string of the molecule is O=C(CSCc1ccccc1)NCCc1ncn[nH]1. The first-order valence-corrected chi connectivity index (χ1v) is 7.22. The van der Waals surface area contributed by atoms with E-state index in [1.807, 2.05) is 18.2 Å². The number of nitrogens with one attached hydrogen (secondary N) is 2. The minimum Gasteiger partial charge on any atom is -0.355 e. The van der Waals surface area contributed by atoms with Crippen molar-refractivity contribution in [3.63, 3.8) is 0 Å². The van der Waals surface area contributed by atoms with Gasteiger partial charge in [-0.25, -0.2) is 4.98 Å². The van der Waals surface area contributed by atoms with Gasteiger partial charge in [-0.3, -0.25) is 9.89 Å². The molecule has 1 aromatic heterocycles. The van der Waals surface area contributed by atoms with Crippen LogP contribution in [0.25, 0.3) is 0 Å². The number of aromatic amines is 1. The zero-order valence-corrected chi connectivity index (χ0v) is 11.3. The molecule has 0 atom stereocenters. The largest absolute Gasteiger partial charge is 0.355 e. The second-order valence-electron chi connectivity index (χ2n) is 4.01. The molecular weight excluding hydrogens is 260 g/mol. The highest BCUT2D eigenvalue weighted by Crippen LogP contribution is 2.10. The maximum Gasteiger partial charge on any atom is 0.230 e. The molecule has 6 heteroatoms. The molecule has 1 heterocycles. The van der Waals surface area contributed by atoms with Crippen LogP contribution in [0.15, 0.2) is 36.7 Å². The van der Waals surface area contributed by atoms with Gasteiger partial charge in [-0.1, -0.05) is 30.3 Å². The van der Waals surface area contributed by atoms with Crippen molar-refractivity contribution in [2.75, 3.05) is 12.3 Å². The molecule has 0 fully saturated rings. The molecule has 0 radical (unpaired) electrons. The summed E-state index contributed by atoms with van der Waals surface area (Å²) in [5.74, 6) is 2.18. The summed E-state index contributed by atoms with van der Waals surface area (Å²) in [5, 5.41) is 9.37. The molecule has 0 aliphatic carbocycles. The highest BCUT2D eigenvalue weighted by Gasteiger charge is 2.02. The number of aromatic nitrogens is 3. The number of hydrogen-bond donors (Lipinski definition) is 2. The molecule has 0 bridgehead atoms. The quantitative estimate of drug-likeness (QED) is 0.802. The van der Waals surface area contributed by atoms with E-state index in [9.17, 15) is 4.79 Å². The van der Waals surface area contributed by atoms with Crippen LogP contribution < -0.4 is 5.32 Å². The first-order valence-electron chi connectivity index (χ1n) is 6.07. The van der Waals surface area contributed by atoms with E-state index in [1.54, 1.807) is 11.8 Å². The number of benzene rings is 1. The van der Waals surface area contributed by atoms with E-state index < -0.39 is 0 Å². The molecule has 0 saturated heterocycles. The maximum absolute atomic E-state index is 11.6. The second-order valence-corrected chi connectivity index (χ2v) is 5.00. The summed E-state index contributed by atoms with van der Waals surface area (Å²) in [7, 11) is 0. The Morgan fingerprint density at radius 3 is 2.89 bits per heavy atom. The Hall–Kier alpha value is -1.82. The standard InChI is InChI=1S/C13H16N4OS/c18-13(14-7-6-12-15-10-16-17-12)9-19-8-11-4-2-1-3-5-11/h1-5,10H,6-9H2,(H,14,18)(H,15,16,17). The fourth-order valence-corrected chi connectivity index (χ4v) is 2.38. The van der Waals surface area contributed by atoms with Gasteiger partial charge < -0.3 is 5.32 Å². The molecule has 100 valence electrons. The van der Waals surface area contributed by atoms with Gasteiger partial charge in [0.15, 0.2) is 0 Å². The third-order valence-corrected chi connectivity index (χ3v) is 3.50. The molecule has 2 aromatic rings. The number of hydrogen-bond acceptors (Lipinski definition) is 4. The molecule has 0 spiro atoms. The smallest absolute Gasteiger partial charge is 0.230 e. The fourth-order valence-electron chi connectivity index (χ4n) is 1.56. The van der Waals surface area contributed by atoms with E-state index in [4.69, 9.17) is 0 Å². The van der Waals surface area contributed by atoms with Crippen molar-refractivity contribution < 1.29 is 4.79 Å². The van der Waals surface area contributed by atoms with E-state index in [0.717, 1.165) is 11.6 Å². The van der Waals surface area contributed by atoms with Gasteiger partial charge >= 0.3 is 0 Å². The third-order valence-electron chi connectivity index (χ3n) is 2.49. The van der Waals surface area contributed by atoms with Crippen molar-refractivity contribution in [3.8, 4) is 0 Å². The van der Waals surface area contributed by atoms with Crippen LogP contribution in [-0.2, 0) is 17.0 Å². The maximum atomic E-state index is 11.6. The molecule has 2 rings (SSSR count). The van der Waals surface area contributed by atoms with Crippen LogP contribution in [0.4, 0.5) is 0 Å². The van der Waals surface area contributed by atoms with Gasteiger partial charge in [0, 0.05) is 18.7 Å². The number of carbonyl (C=O) groups is 1. The first kappa shape index (κ1) is 13.6. The van der Waals surface area contributed by atoms with Crippen LogP contribution in [0.1, 0.15) is 11.4 Å². The van der Waals surface area contributed by atoms with E-state index >= 15 is 0 Å². The van der Waals surface area contributed by atoms with Gasteiger partial charge in [-0.15, -0.1) is 11.8 Å². The van der Waals surface area contributed by atoms with Crippen molar-refractivity contribution >= 4 is 17.7 Å². The number of thioether (sulfide) groups is 1. The molecule has 2 N–H and O–H groups in total. The molecule has 19 heavy (non-hydrogen) atoms. The van der Waals surface area contributed by atoms with Crippen molar-refractivity contribution in [1.29, 1.82) is 0 Å². The summed E-state index contributed by atoms with van der Waals surface area (Å²) in [4.78, 5) is 15.6. The van der Waals surface area contributed by atoms with E-state index in [-0.39, 0.29) is 5.91 Å². The lowest BCUT2D eigenvalue weighted by Crippen LogP contribution is -2.27. The Labute approximate surface area is 116 Å². The Morgan fingerprint density at radius 2 is 2.16 bits per heavy atom. The summed E-state index contributed by atoms with van der Waals surface area (Å²) in [6, 6.07) is 10.1. The predicted octanol–water partition coefficient (Wildman–Crippen LogP) is 1.40. The second kappa shape index (κ2) is 7.58. The monoisotopic (exact) mass is 276 g/mol. The summed E-state index contributed by atoms with van der Waals surface area (Å²) in [6.07, 6.45) is 2.14. The minimum absolute atomic E-state index is 0.0560. The number of H-pyrrole nitrogens is 1. The summed E-state index contributed by atoms with van der Waals surface area (Å²) >= 11 is 1.61. The Bertz CT molecular complexity index is 487. The molecule has 0 unspecified atom stereocenters. The van der Waals surface area contributed by atoms with Crippen LogP contribution >= 0.6 is 11.8 Å². The molecule has 0 aliphatic rings. The lowest BCUT2D eigenvalue weighted by atomic mass is 10.2. The van der Waals surface area contributed by atoms with Gasteiger partial charge in [0.1, 0.15) is 12.2 Å². The molecule has 1 amide bonds. The lowest BCUT2D eigenvalue weighted by molar-refractivity contribution is -0.118. The number of carbonyl (C=O) groups excluding carboxylic acids is 1. The van der Waals surface area contributed by atoms with Gasteiger partial charge in [0.2, 0.25) is 5.91 Å². The number of rotatable bonds is 7. The van der Waals surface area contributed by atoms with Gasteiger partial charge in [0.05, 0.1) is 5.75 Å². The molecule has 0 saturated carbocycles. The van der Waals surface area contributed by atoms with Crippen molar-refractivity contribution in [2.24, 2.45) is 0 Å². The third kappa shape index (κ3) is 5.13. The van der Waals surface area contributed by atoms with Crippen molar-refractivity contribution in [2.45, 2.75) is 12.2 Å². The molecule has 0 aliphatic heterocycles. The Morgan fingerprint density at radius 1 is 1.32 bits per heavy atom. The zero-order chi connectivity index (χ0) is 13.3. The van der Waals surface area contributed by atoms with Crippen molar-refractivity contribution in [1.82, 2.24) is 20.5 Å². The van der Waals surface area contributed by atoms with E-state index in [0.29, 0.717) is 18.7 Å². The molecule has 5 nitrogen and oxygen atoms in total. The summed E-state index contributed by atoms with van der Waals surface area (Å²) < 4.78 is 0. The van der Waals surface area contributed by atoms with Crippen LogP contribution in [0, 0.1) is 0 Å². The highest BCUT2D eigenvalue weighted by molar-refractivity contribution is 7.99. The predicted molar refractivity (Wildman–Crippen MR) is 75.7 cm³/mol.